The fourth-order valence-corrected chi connectivity index (χ4v) is 6.93. The van der Waals surface area contributed by atoms with E-state index in [1.54, 1.807) is 0 Å². The first-order valence-electron chi connectivity index (χ1n) is 16.1. The molecule has 0 atom stereocenters. The first-order chi connectivity index (χ1) is 21.8. The maximum atomic E-state index is 13.9. The number of aryl methyl sites for hydroxylation is 1. The first-order valence-corrected chi connectivity index (χ1v) is 16.1. The summed E-state index contributed by atoms with van der Waals surface area (Å²) in [6.07, 6.45) is 9.81. The molecule has 236 valence electrons. The fraction of sp³-hybridized carbons (Fsp3) is 0.417. The Morgan fingerprint density at radius 2 is 1.78 bits per heavy atom. The van der Waals surface area contributed by atoms with Gasteiger partial charge in [-0.2, -0.15) is 0 Å². The van der Waals surface area contributed by atoms with E-state index in [0.717, 1.165) is 91.9 Å². The molecule has 9 heteroatoms. The van der Waals surface area contributed by atoms with Gasteiger partial charge in [0, 0.05) is 54.9 Å². The van der Waals surface area contributed by atoms with Crippen molar-refractivity contribution in [1.82, 2.24) is 10.3 Å². The van der Waals surface area contributed by atoms with Gasteiger partial charge in [0.25, 0.3) is 17.4 Å². The highest BCUT2D eigenvalue weighted by Gasteiger charge is 2.25. The summed E-state index contributed by atoms with van der Waals surface area (Å²) in [5, 5.41) is 5.95. The number of anilines is 2. The van der Waals surface area contributed by atoms with Gasteiger partial charge in [-0.15, -0.1) is 0 Å². The third-order valence-corrected chi connectivity index (χ3v) is 9.32. The number of H-pyrrole nitrogens is 1. The van der Waals surface area contributed by atoms with Crippen LogP contribution < -0.4 is 25.8 Å². The van der Waals surface area contributed by atoms with Gasteiger partial charge in [-0.3, -0.25) is 14.4 Å². The molecule has 6 rings (SSSR count). The highest BCUT2D eigenvalue weighted by atomic mass is 16.5. The SMILES string of the molecule is CCN(c1cc(/C=C/c2ccc3c(c2)NC(=O)CO3)cc(C(=O)NCc2c3c(c(C)[nH]c2=O)CCCC3)c1C)C1CCOCC1. The van der Waals surface area contributed by atoms with E-state index in [-0.39, 0.29) is 30.5 Å². The molecule has 1 fully saturated rings. The van der Waals surface area contributed by atoms with E-state index < -0.39 is 0 Å². The lowest BCUT2D eigenvalue weighted by molar-refractivity contribution is -0.118. The van der Waals surface area contributed by atoms with Crippen LogP contribution in [0.25, 0.3) is 12.2 Å². The number of aromatic amines is 1. The number of carbonyl (C=O) groups is 2. The van der Waals surface area contributed by atoms with Crippen LogP contribution in [0.15, 0.2) is 35.1 Å². The average molecular weight is 611 g/mol. The van der Waals surface area contributed by atoms with E-state index in [0.29, 0.717) is 28.6 Å². The van der Waals surface area contributed by atoms with Crippen LogP contribution in [-0.4, -0.2) is 49.2 Å². The number of carbonyl (C=O) groups excluding carboxylic acids is 2. The van der Waals surface area contributed by atoms with Gasteiger partial charge in [-0.25, -0.2) is 0 Å². The predicted molar refractivity (Wildman–Crippen MR) is 177 cm³/mol. The molecule has 0 bridgehead atoms. The molecule has 2 amide bonds. The number of nitrogens with zero attached hydrogens (tertiary/aromatic N) is 1. The highest BCUT2D eigenvalue weighted by Crippen LogP contribution is 2.32. The molecule has 0 spiro atoms. The number of rotatable bonds is 8. The van der Waals surface area contributed by atoms with Crippen molar-refractivity contribution in [2.75, 3.05) is 36.6 Å². The minimum atomic E-state index is -0.204. The van der Waals surface area contributed by atoms with Gasteiger partial charge in [0.15, 0.2) is 6.61 Å². The molecular weight excluding hydrogens is 568 g/mol. The second-order valence-corrected chi connectivity index (χ2v) is 12.2. The lowest BCUT2D eigenvalue weighted by atomic mass is 9.88. The summed E-state index contributed by atoms with van der Waals surface area (Å²) in [7, 11) is 0. The fourth-order valence-electron chi connectivity index (χ4n) is 6.93. The molecule has 0 radical (unpaired) electrons. The maximum absolute atomic E-state index is 13.9. The molecule has 45 heavy (non-hydrogen) atoms. The normalized spacial score (nSPS) is 16.5. The number of fused-ring (bicyclic) bond motifs is 2. The van der Waals surface area contributed by atoms with Crippen LogP contribution in [0.3, 0.4) is 0 Å². The van der Waals surface area contributed by atoms with Crippen molar-refractivity contribution >= 4 is 35.3 Å². The second-order valence-electron chi connectivity index (χ2n) is 12.2. The maximum Gasteiger partial charge on any atom is 0.262 e. The third kappa shape index (κ3) is 6.54. The summed E-state index contributed by atoms with van der Waals surface area (Å²) in [6, 6.07) is 10.1. The van der Waals surface area contributed by atoms with Crippen molar-refractivity contribution in [2.45, 2.75) is 71.9 Å². The van der Waals surface area contributed by atoms with Gasteiger partial charge in [0.2, 0.25) is 0 Å². The molecule has 1 saturated heterocycles. The zero-order chi connectivity index (χ0) is 31.5. The van der Waals surface area contributed by atoms with Gasteiger partial charge in [-0.1, -0.05) is 18.2 Å². The number of ether oxygens (including phenoxy) is 2. The number of hydrogen-bond donors (Lipinski definition) is 3. The molecule has 0 saturated carbocycles. The summed E-state index contributed by atoms with van der Waals surface area (Å²) in [5.74, 6) is 0.264. The molecule has 3 N–H and O–H groups in total. The molecular formula is C36H42N4O5. The molecule has 2 aliphatic heterocycles. The van der Waals surface area contributed by atoms with Crippen molar-refractivity contribution in [2.24, 2.45) is 0 Å². The predicted octanol–water partition coefficient (Wildman–Crippen LogP) is 5.31. The lowest BCUT2D eigenvalue weighted by Gasteiger charge is -2.36. The summed E-state index contributed by atoms with van der Waals surface area (Å²) >= 11 is 0. The number of nitrogens with one attached hydrogen (secondary N) is 3. The van der Waals surface area contributed by atoms with Crippen LogP contribution in [0.1, 0.15) is 82.0 Å². The van der Waals surface area contributed by atoms with Crippen LogP contribution in [-0.2, 0) is 28.9 Å². The van der Waals surface area contributed by atoms with Crippen LogP contribution in [0.2, 0.25) is 0 Å². The van der Waals surface area contributed by atoms with Gasteiger partial charge >= 0.3 is 0 Å². The van der Waals surface area contributed by atoms with E-state index in [1.807, 2.05) is 50.3 Å². The Hall–Kier alpha value is -4.37. The van der Waals surface area contributed by atoms with Crippen molar-refractivity contribution in [3.8, 4) is 5.75 Å². The molecule has 9 nitrogen and oxygen atoms in total. The van der Waals surface area contributed by atoms with E-state index in [1.165, 1.54) is 5.56 Å². The molecule has 3 aromatic rings. The monoisotopic (exact) mass is 610 g/mol. The Balaban J connectivity index is 1.33. The van der Waals surface area contributed by atoms with E-state index >= 15 is 0 Å². The molecule has 1 aliphatic carbocycles. The summed E-state index contributed by atoms with van der Waals surface area (Å²) in [5.41, 5.74) is 8.74. The number of hydrogen-bond acceptors (Lipinski definition) is 6. The average Bonchev–Trinajstić information content (AvgIpc) is 3.05. The molecule has 1 aromatic heterocycles. The molecule has 3 aliphatic rings. The van der Waals surface area contributed by atoms with Crippen molar-refractivity contribution in [3.63, 3.8) is 0 Å². The highest BCUT2D eigenvalue weighted by molar-refractivity contribution is 5.98. The Morgan fingerprint density at radius 1 is 1.02 bits per heavy atom. The summed E-state index contributed by atoms with van der Waals surface area (Å²) in [4.78, 5) is 44.1. The standard InChI is InChI=1S/C36H42N4O5/c1-4-40(26-13-15-44-16-14-26)32-19-25(10-9-24-11-12-33-31(18-24)39-34(41)21-45-33)17-29(22(32)2)35(42)37-20-30-28-8-6-5-7-27(28)23(3)38-36(30)43/h9-12,17-19,26H,4-8,13-16,20-21H2,1-3H3,(H,37,42)(H,38,43)(H,39,41)/b10-9+. The second kappa shape index (κ2) is 13.3. The number of pyridine rings is 1. The number of benzene rings is 2. The van der Waals surface area contributed by atoms with Gasteiger partial charge in [0.1, 0.15) is 5.75 Å². The Labute approximate surface area is 264 Å². The zero-order valence-corrected chi connectivity index (χ0v) is 26.4. The van der Waals surface area contributed by atoms with Gasteiger partial charge in [-0.05, 0) is 111 Å². The number of aromatic nitrogens is 1. The third-order valence-electron chi connectivity index (χ3n) is 9.32. The number of amides is 2. The van der Waals surface area contributed by atoms with Crippen molar-refractivity contribution in [3.05, 3.63) is 85.3 Å². The Morgan fingerprint density at radius 3 is 2.56 bits per heavy atom. The quantitative estimate of drug-likeness (QED) is 0.298. The van der Waals surface area contributed by atoms with E-state index in [4.69, 9.17) is 9.47 Å². The van der Waals surface area contributed by atoms with Gasteiger partial charge < -0.3 is 30.0 Å². The van der Waals surface area contributed by atoms with Crippen LogP contribution in [0.5, 0.6) is 5.75 Å². The summed E-state index contributed by atoms with van der Waals surface area (Å²) in [6.45, 7) is 8.56. The largest absolute Gasteiger partial charge is 0.482 e. The minimum absolute atomic E-state index is 0.0149. The summed E-state index contributed by atoms with van der Waals surface area (Å²) < 4.78 is 11.1. The van der Waals surface area contributed by atoms with Crippen molar-refractivity contribution in [1.29, 1.82) is 0 Å². The molecule has 2 aromatic carbocycles. The topological polar surface area (TPSA) is 113 Å². The van der Waals surface area contributed by atoms with Crippen LogP contribution in [0.4, 0.5) is 11.4 Å². The molecule has 0 unspecified atom stereocenters. The smallest absolute Gasteiger partial charge is 0.262 e. The Bertz CT molecular complexity index is 1700. The van der Waals surface area contributed by atoms with Crippen molar-refractivity contribution < 1.29 is 19.1 Å². The Kier molecular flexibility index (Phi) is 9.07. The first kappa shape index (κ1) is 30.6. The van der Waals surface area contributed by atoms with E-state index in [9.17, 15) is 14.4 Å². The van der Waals surface area contributed by atoms with E-state index in [2.05, 4.69) is 33.5 Å². The van der Waals surface area contributed by atoms with Gasteiger partial charge in [0.05, 0.1) is 5.69 Å². The van der Waals surface area contributed by atoms with Crippen LogP contribution in [0, 0.1) is 13.8 Å². The van der Waals surface area contributed by atoms with Crippen LogP contribution >= 0.6 is 0 Å². The molecule has 3 heterocycles. The minimum Gasteiger partial charge on any atom is -0.482 e. The zero-order valence-electron chi connectivity index (χ0n) is 26.4. The lowest BCUT2D eigenvalue weighted by Crippen LogP contribution is -2.40.